The van der Waals surface area contributed by atoms with Gasteiger partial charge in [-0.1, -0.05) is 18.2 Å². The van der Waals surface area contributed by atoms with Crippen LogP contribution in [0, 0.1) is 17.0 Å². The Balaban J connectivity index is 1.83. The molecule has 0 radical (unpaired) electrons. The molecule has 8 nitrogen and oxygen atoms in total. The molecule has 24 heavy (non-hydrogen) atoms. The number of nitrogens with one attached hydrogen (secondary N) is 1. The standard InChI is InChI=1S/C16H13N5O3/c1-11-15(20-9-5-4-8-14(20)18-11)16(22)19-17-10-12-6-2-3-7-13(12)21(23)24/h2-10H,1H3,(H,19,22)/b17-10-. The molecule has 2 aromatic heterocycles. The van der Waals surface area contributed by atoms with Gasteiger partial charge in [0, 0.05) is 12.3 Å². The lowest BCUT2D eigenvalue weighted by molar-refractivity contribution is -0.385. The fourth-order valence-electron chi connectivity index (χ4n) is 2.36. The first-order chi connectivity index (χ1) is 11.6. The number of aromatic nitrogens is 2. The van der Waals surface area contributed by atoms with E-state index < -0.39 is 10.8 Å². The Bertz CT molecular complexity index is 961. The van der Waals surface area contributed by atoms with E-state index in [4.69, 9.17) is 0 Å². The number of hydrogen-bond donors (Lipinski definition) is 1. The maximum absolute atomic E-state index is 12.3. The van der Waals surface area contributed by atoms with Gasteiger partial charge in [0.15, 0.2) is 0 Å². The highest BCUT2D eigenvalue weighted by molar-refractivity contribution is 5.95. The fraction of sp³-hybridized carbons (Fsp3) is 0.0625. The lowest BCUT2D eigenvalue weighted by Crippen LogP contribution is -2.20. The number of fused-ring (bicyclic) bond motifs is 1. The third-order valence-electron chi connectivity index (χ3n) is 3.42. The lowest BCUT2D eigenvalue weighted by atomic mass is 10.2. The molecule has 0 spiro atoms. The summed E-state index contributed by atoms with van der Waals surface area (Å²) in [7, 11) is 0. The third kappa shape index (κ3) is 2.84. The molecule has 120 valence electrons. The number of amides is 1. The summed E-state index contributed by atoms with van der Waals surface area (Å²) >= 11 is 0. The van der Waals surface area contributed by atoms with Gasteiger partial charge in [0.1, 0.15) is 11.3 Å². The van der Waals surface area contributed by atoms with Crippen LogP contribution in [0.5, 0.6) is 0 Å². The Labute approximate surface area is 136 Å². The van der Waals surface area contributed by atoms with Crippen molar-refractivity contribution in [2.45, 2.75) is 6.92 Å². The van der Waals surface area contributed by atoms with E-state index in [2.05, 4.69) is 15.5 Å². The van der Waals surface area contributed by atoms with E-state index in [1.807, 2.05) is 6.07 Å². The molecule has 0 aliphatic carbocycles. The van der Waals surface area contributed by atoms with Crippen molar-refractivity contribution in [1.82, 2.24) is 14.8 Å². The zero-order valence-electron chi connectivity index (χ0n) is 12.7. The summed E-state index contributed by atoms with van der Waals surface area (Å²) in [6.07, 6.45) is 2.98. The van der Waals surface area contributed by atoms with Gasteiger partial charge in [0.2, 0.25) is 0 Å². The summed E-state index contributed by atoms with van der Waals surface area (Å²) in [5.74, 6) is -0.443. The van der Waals surface area contributed by atoms with E-state index in [0.29, 0.717) is 22.6 Å². The monoisotopic (exact) mass is 323 g/mol. The van der Waals surface area contributed by atoms with Gasteiger partial charge in [0.05, 0.1) is 22.4 Å². The van der Waals surface area contributed by atoms with E-state index in [9.17, 15) is 14.9 Å². The predicted molar refractivity (Wildman–Crippen MR) is 88.1 cm³/mol. The summed E-state index contributed by atoms with van der Waals surface area (Å²) in [4.78, 5) is 27.1. The number of imidazole rings is 1. The molecule has 1 aromatic carbocycles. The van der Waals surface area contributed by atoms with Gasteiger partial charge in [-0.2, -0.15) is 5.10 Å². The van der Waals surface area contributed by atoms with Crippen LogP contribution in [0.4, 0.5) is 5.69 Å². The number of carbonyl (C=O) groups is 1. The predicted octanol–water partition coefficient (Wildman–Crippen LogP) is 2.31. The smallest absolute Gasteiger partial charge is 0.290 e. The van der Waals surface area contributed by atoms with Crippen molar-refractivity contribution in [1.29, 1.82) is 0 Å². The molecular weight excluding hydrogens is 310 g/mol. The van der Waals surface area contributed by atoms with Gasteiger partial charge in [0.25, 0.3) is 11.6 Å². The largest absolute Gasteiger partial charge is 0.295 e. The first-order valence-corrected chi connectivity index (χ1v) is 7.08. The van der Waals surface area contributed by atoms with E-state index in [1.165, 1.54) is 12.3 Å². The van der Waals surface area contributed by atoms with Gasteiger partial charge in [-0.25, -0.2) is 10.4 Å². The van der Waals surface area contributed by atoms with Crippen LogP contribution < -0.4 is 5.43 Å². The van der Waals surface area contributed by atoms with Crippen LogP contribution in [0.15, 0.2) is 53.8 Å². The second kappa shape index (κ2) is 6.29. The highest BCUT2D eigenvalue weighted by atomic mass is 16.6. The summed E-state index contributed by atoms with van der Waals surface area (Å²) in [6, 6.07) is 11.6. The van der Waals surface area contributed by atoms with Crippen molar-refractivity contribution >= 4 is 23.5 Å². The van der Waals surface area contributed by atoms with E-state index in [-0.39, 0.29) is 5.69 Å². The van der Waals surface area contributed by atoms with E-state index >= 15 is 0 Å². The van der Waals surface area contributed by atoms with Crippen LogP contribution in [0.25, 0.3) is 5.65 Å². The van der Waals surface area contributed by atoms with Crippen molar-refractivity contribution in [2.75, 3.05) is 0 Å². The number of hydrazone groups is 1. The first-order valence-electron chi connectivity index (χ1n) is 7.08. The highest BCUT2D eigenvalue weighted by Crippen LogP contribution is 2.15. The average Bonchev–Trinajstić information content (AvgIpc) is 2.90. The second-order valence-electron chi connectivity index (χ2n) is 4.99. The van der Waals surface area contributed by atoms with Crippen LogP contribution in [0.2, 0.25) is 0 Å². The Morgan fingerprint density at radius 1 is 1.29 bits per heavy atom. The molecule has 0 fully saturated rings. The highest BCUT2D eigenvalue weighted by Gasteiger charge is 2.16. The van der Waals surface area contributed by atoms with Crippen LogP contribution in [0.3, 0.4) is 0 Å². The van der Waals surface area contributed by atoms with Crippen molar-refractivity contribution in [3.8, 4) is 0 Å². The Morgan fingerprint density at radius 2 is 2.04 bits per heavy atom. The fourth-order valence-corrected chi connectivity index (χ4v) is 2.36. The van der Waals surface area contributed by atoms with Crippen LogP contribution in [0.1, 0.15) is 21.7 Å². The minimum absolute atomic E-state index is 0.0820. The summed E-state index contributed by atoms with van der Waals surface area (Å²) in [5, 5.41) is 14.8. The minimum Gasteiger partial charge on any atom is -0.295 e. The zero-order chi connectivity index (χ0) is 17.1. The molecule has 1 N–H and O–H groups in total. The van der Waals surface area contributed by atoms with Crippen LogP contribution in [-0.2, 0) is 0 Å². The van der Waals surface area contributed by atoms with Crippen LogP contribution in [-0.4, -0.2) is 26.4 Å². The van der Waals surface area contributed by atoms with Crippen molar-refractivity contribution in [3.63, 3.8) is 0 Å². The number of nitrogens with zero attached hydrogens (tertiary/aromatic N) is 4. The molecule has 0 bridgehead atoms. The number of rotatable bonds is 4. The SMILES string of the molecule is Cc1nc2ccccn2c1C(=O)N/N=C\c1ccccc1[N+](=O)[O-]. The number of nitro benzene ring substituents is 1. The number of nitro groups is 1. The number of para-hydroxylation sites is 1. The molecule has 0 saturated carbocycles. The van der Waals surface area contributed by atoms with Crippen molar-refractivity contribution < 1.29 is 9.72 Å². The minimum atomic E-state index is -0.502. The quantitative estimate of drug-likeness (QED) is 0.452. The number of hydrogen-bond acceptors (Lipinski definition) is 5. The third-order valence-corrected chi connectivity index (χ3v) is 3.42. The normalized spacial score (nSPS) is 11.0. The van der Waals surface area contributed by atoms with E-state index in [1.54, 1.807) is 47.9 Å². The second-order valence-corrected chi connectivity index (χ2v) is 4.99. The summed E-state index contributed by atoms with van der Waals surface area (Å²) < 4.78 is 1.66. The number of aryl methyl sites for hydroxylation is 1. The molecule has 8 heteroatoms. The molecule has 2 heterocycles. The summed E-state index contributed by atoms with van der Waals surface area (Å²) in [5.41, 5.74) is 4.19. The summed E-state index contributed by atoms with van der Waals surface area (Å²) in [6.45, 7) is 1.73. The van der Waals surface area contributed by atoms with Crippen molar-refractivity contribution in [3.05, 3.63) is 75.7 Å². The number of pyridine rings is 1. The maximum Gasteiger partial charge on any atom is 0.290 e. The zero-order valence-corrected chi connectivity index (χ0v) is 12.7. The molecule has 1 amide bonds. The average molecular weight is 323 g/mol. The van der Waals surface area contributed by atoms with Gasteiger partial charge in [-0.3, -0.25) is 19.3 Å². The Hall–Kier alpha value is -3.55. The first kappa shape index (κ1) is 15.3. The van der Waals surface area contributed by atoms with Gasteiger partial charge >= 0.3 is 0 Å². The van der Waals surface area contributed by atoms with Gasteiger partial charge in [-0.05, 0) is 25.1 Å². The van der Waals surface area contributed by atoms with Crippen molar-refractivity contribution in [2.24, 2.45) is 5.10 Å². The topological polar surface area (TPSA) is 102 Å². The van der Waals surface area contributed by atoms with Gasteiger partial charge in [-0.15, -0.1) is 0 Å². The maximum atomic E-state index is 12.3. The van der Waals surface area contributed by atoms with Gasteiger partial charge < -0.3 is 0 Å². The molecule has 0 unspecified atom stereocenters. The Kier molecular flexibility index (Phi) is 4.02. The number of benzene rings is 1. The molecule has 0 atom stereocenters. The lowest BCUT2D eigenvalue weighted by Gasteiger charge is -2.01. The Morgan fingerprint density at radius 3 is 2.83 bits per heavy atom. The van der Waals surface area contributed by atoms with Crippen LogP contribution >= 0.6 is 0 Å². The molecular formula is C16H13N5O3. The molecule has 0 saturated heterocycles. The molecule has 0 aliphatic rings. The molecule has 3 rings (SSSR count). The molecule has 3 aromatic rings. The number of carbonyl (C=O) groups excluding carboxylic acids is 1. The molecule has 0 aliphatic heterocycles. The van der Waals surface area contributed by atoms with E-state index in [0.717, 1.165) is 0 Å².